The molecule has 0 aromatic heterocycles. The van der Waals surface area contributed by atoms with Gasteiger partial charge in [0.1, 0.15) is 11.6 Å². The van der Waals surface area contributed by atoms with Crippen LogP contribution in [0, 0.1) is 5.92 Å². The number of ketones is 2. The fourth-order valence-electron chi connectivity index (χ4n) is 1.30. The van der Waals surface area contributed by atoms with Gasteiger partial charge in [-0.1, -0.05) is 6.92 Å². The monoisotopic (exact) mass is 234 g/mol. The molecule has 0 heterocycles. The van der Waals surface area contributed by atoms with Crippen LogP contribution in [0.4, 0.5) is 0 Å². The van der Waals surface area contributed by atoms with Crippen LogP contribution in [0.5, 0.6) is 0 Å². The Balaban J connectivity index is 3.68. The number of rotatable bonds is 8. The van der Waals surface area contributed by atoms with E-state index in [1.54, 1.807) is 0 Å². The molecule has 2 nitrogen and oxygen atoms in total. The summed E-state index contributed by atoms with van der Waals surface area (Å²) < 4.78 is 0. The molecular formula is C10H18O2S2. The largest absolute Gasteiger partial charge is 0.300 e. The van der Waals surface area contributed by atoms with Crippen molar-refractivity contribution in [2.75, 3.05) is 11.5 Å². The van der Waals surface area contributed by atoms with Crippen molar-refractivity contribution in [3.63, 3.8) is 0 Å². The Labute approximate surface area is 96.7 Å². The number of hydrogen-bond acceptors (Lipinski definition) is 4. The van der Waals surface area contributed by atoms with Gasteiger partial charge < -0.3 is 0 Å². The van der Waals surface area contributed by atoms with Crippen LogP contribution in [-0.2, 0) is 9.59 Å². The molecule has 0 aliphatic rings. The summed E-state index contributed by atoms with van der Waals surface area (Å²) in [5.41, 5.74) is 0. The summed E-state index contributed by atoms with van der Waals surface area (Å²) in [5, 5.41) is 0. The molecule has 0 N–H and O–H groups in total. The van der Waals surface area contributed by atoms with E-state index in [0.717, 1.165) is 0 Å². The predicted octanol–water partition coefficient (Wildman–Crippen LogP) is 2.18. The molecule has 0 fully saturated rings. The molecule has 4 heteroatoms. The molecule has 0 radical (unpaired) electrons. The first-order valence-electron chi connectivity index (χ1n) is 4.85. The minimum Gasteiger partial charge on any atom is -0.300 e. The summed E-state index contributed by atoms with van der Waals surface area (Å²) in [5.74, 6) is 1.75. The van der Waals surface area contributed by atoms with Gasteiger partial charge in [0.05, 0.1) is 0 Å². The molecule has 0 bridgehead atoms. The van der Waals surface area contributed by atoms with Crippen LogP contribution in [0.15, 0.2) is 0 Å². The molecule has 0 aromatic rings. The second-order valence-corrected chi connectivity index (χ2v) is 4.43. The van der Waals surface area contributed by atoms with E-state index < -0.39 is 0 Å². The van der Waals surface area contributed by atoms with E-state index in [0.29, 0.717) is 37.2 Å². The molecule has 0 amide bonds. The highest BCUT2D eigenvalue weighted by molar-refractivity contribution is 7.80. The fourth-order valence-corrected chi connectivity index (χ4v) is 1.80. The summed E-state index contributed by atoms with van der Waals surface area (Å²) in [4.78, 5) is 22.4. The molecule has 0 aliphatic heterocycles. The molecule has 0 saturated heterocycles. The van der Waals surface area contributed by atoms with Gasteiger partial charge >= 0.3 is 0 Å². The lowest BCUT2D eigenvalue weighted by Gasteiger charge is -2.08. The average molecular weight is 234 g/mol. The predicted molar refractivity (Wildman–Crippen MR) is 65.4 cm³/mol. The smallest absolute Gasteiger partial charge is 0.134 e. The number of carbonyl (C=O) groups excluding carboxylic acids is 2. The molecule has 14 heavy (non-hydrogen) atoms. The third-order valence-electron chi connectivity index (χ3n) is 1.93. The van der Waals surface area contributed by atoms with Crippen molar-refractivity contribution >= 4 is 36.8 Å². The Morgan fingerprint density at radius 2 is 1.36 bits per heavy atom. The number of carbonyl (C=O) groups is 2. The SMILES string of the molecule is CC(CC(=O)CCS)CC(=O)CCS. The van der Waals surface area contributed by atoms with Crippen molar-refractivity contribution in [3.05, 3.63) is 0 Å². The lowest BCUT2D eigenvalue weighted by atomic mass is 9.97. The van der Waals surface area contributed by atoms with Gasteiger partial charge in [-0.3, -0.25) is 9.59 Å². The Kier molecular flexibility index (Phi) is 8.38. The minimum atomic E-state index is 0.162. The standard InChI is InChI=1S/C10H18O2S2/c1-8(6-9(11)2-4-13)7-10(12)3-5-14/h8,13-14H,2-7H2,1H3. The van der Waals surface area contributed by atoms with Gasteiger partial charge in [0.25, 0.3) is 0 Å². The summed E-state index contributed by atoms with van der Waals surface area (Å²) in [6.45, 7) is 1.94. The van der Waals surface area contributed by atoms with Crippen molar-refractivity contribution in [3.8, 4) is 0 Å². The lowest BCUT2D eigenvalue weighted by Crippen LogP contribution is -2.11. The molecule has 0 unspecified atom stereocenters. The van der Waals surface area contributed by atoms with Gasteiger partial charge in [-0.15, -0.1) is 0 Å². The van der Waals surface area contributed by atoms with Crippen LogP contribution in [0.3, 0.4) is 0 Å². The van der Waals surface area contributed by atoms with E-state index in [9.17, 15) is 9.59 Å². The summed E-state index contributed by atoms with van der Waals surface area (Å²) in [7, 11) is 0. The number of Topliss-reactive ketones (excluding diaryl/α,β-unsaturated/α-hetero) is 2. The van der Waals surface area contributed by atoms with E-state index in [1.807, 2.05) is 6.92 Å². The second-order valence-electron chi connectivity index (χ2n) is 3.54. The maximum atomic E-state index is 11.2. The van der Waals surface area contributed by atoms with Crippen LogP contribution in [-0.4, -0.2) is 23.1 Å². The van der Waals surface area contributed by atoms with Gasteiger partial charge in [-0.2, -0.15) is 25.3 Å². The van der Waals surface area contributed by atoms with Crippen molar-refractivity contribution in [2.45, 2.75) is 32.6 Å². The normalized spacial score (nSPS) is 10.6. The summed E-state index contributed by atoms with van der Waals surface area (Å²) in [6.07, 6.45) is 2.01. The zero-order chi connectivity index (χ0) is 11.0. The third kappa shape index (κ3) is 7.44. The molecule has 0 spiro atoms. The molecule has 82 valence electrons. The number of hydrogen-bond donors (Lipinski definition) is 2. The second kappa shape index (κ2) is 8.36. The first-order valence-corrected chi connectivity index (χ1v) is 6.11. The zero-order valence-corrected chi connectivity index (χ0v) is 10.3. The zero-order valence-electron chi connectivity index (χ0n) is 8.53. The van der Waals surface area contributed by atoms with Gasteiger partial charge in [0.15, 0.2) is 0 Å². The molecule has 0 atom stereocenters. The maximum absolute atomic E-state index is 11.2. The van der Waals surface area contributed by atoms with Crippen molar-refractivity contribution in [1.82, 2.24) is 0 Å². The van der Waals surface area contributed by atoms with E-state index in [1.165, 1.54) is 0 Å². The third-order valence-corrected chi connectivity index (χ3v) is 2.38. The molecule has 0 rings (SSSR count). The Hall–Kier alpha value is 0.0400. The van der Waals surface area contributed by atoms with Crippen LogP contribution in [0.1, 0.15) is 32.6 Å². The Morgan fingerprint density at radius 1 is 1.00 bits per heavy atom. The fraction of sp³-hybridized carbons (Fsp3) is 0.800. The van der Waals surface area contributed by atoms with Crippen molar-refractivity contribution in [1.29, 1.82) is 0 Å². The van der Waals surface area contributed by atoms with E-state index in [-0.39, 0.29) is 17.5 Å². The topological polar surface area (TPSA) is 34.1 Å². The Morgan fingerprint density at radius 3 is 1.64 bits per heavy atom. The van der Waals surface area contributed by atoms with Gasteiger partial charge in [0.2, 0.25) is 0 Å². The van der Waals surface area contributed by atoms with Crippen LogP contribution >= 0.6 is 25.3 Å². The molecular weight excluding hydrogens is 216 g/mol. The van der Waals surface area contributed by atoms with E-state index in [4.69, 9.17) is 0 Å². The van der Waals surface area contributed by atoms with Crippen molar-refractivity contribution in [2.24, 2.45) is 5.92 Å². The Bertz CT molecular complexity index is 173. The minimum absolute atomic E-state index is 0.162. The first kappa shape index (κ1) is 14.0. The quantitative estimate of drug-likeness (QED) is 0.631. The highest BCUT2D eigenvalue weighted by Gasteiger charge is 2.12. The molecule has 0 aliphatic carbocycles. The highest BCUT2D eigenvalue weighted by atomic mass is 32.1. The van der Waals surface area contributed by atoms with Crippen LogP contribution in [0.2, 0.25) is 0 Å². The van der Waals surface area contributed by atoms with Gasteiger partial charge in [-0.05, 0) is 17.4 Å². The highest BCUT2D eigenvalue weighted by Crippen LogP contribution is 2.11. The van der Waals surface area contributed by atoms with Crippen LogP contribution in [0.25, 0.3) is 0 Å². The lowest BCUT2D eigenvalue weighted by molar-refractivity contribution is -0.121. The summed E-state index contributed by atoms with van der Waals surface area (Å²) in [6, 6.07) is 0. The first-order chi connectivity index (χ1) is 6.60. The maximum Gasteiger partial charge on any atom is 0.134 e. The number of thiol groups is 2. The van der Waals surface area contributed by atoms with E-state index in [2.05, 4.69) is 25.3 Å². The molecule has 0 aromatic carbocycles. The van der Waals surface area contributed by atoms with Crippen LogP contribution < -0.4 is 0 Å². The molecule has 0 saturated carbocycles. The van der Waals surface area contributed by atoms with Gasteiger partial charge in [-0.25, -0.2) is 0 Å². The van der Waals surface area contributed by atoms with Crippen molar-refractivity contribution < 1.29 is 9.59 Å². The average Bonchev–Trinajstić information content (AvgIpc) is 2.03. The summed E-state index contributed by atoms with van der Waals surface area (Å²) >= 11 is 7.98. The van der Waals surface area contributed by atoms with E-state index >= 15 is 0 Å². The van der Waals surface area contributed by atoms with Gasteiger partial charge in [0, 0.05) is 25.7 Å².